The number of rotatable bonds is 2. The van der Waals surface area contributed by atoms with Crippen LogP contribution in [0.3, 0.4) is 0 Å². The van der Waals surface area contributed by atoms with Gasteiger partial charge in [-0.05, 0) is 43.4 Å². The highest BCUT2D eigenvalue weighted by molar-refractivity contribution is 9.10. The van der Waals surface area contributed by atoms with Crippen molar-refractivity contribution < 1.29 is 4.79 Å². The number of hydrogen-bond donors (Lipinski definition) is 3. The van der Waals surface area contributed by atoms with E-state index in [0.29, 0.717) is 18.0 Å². The Hall–Kier alpha value is -1.11. The maximum atomic E-state index is 12.6. The molecule has 0 spiro atoms. The van der Waals surface area contributed by atoms with Gasteiger partial charge in [-0.15, -0.1) is 0 Å². The number of carbonyl (C=O) groups is 1. The lowest BCUT2D eigenvalue weighted by Gasteiger charge is -2.40. The Kier molecular flexibility index (Phi) is 4.30. The van der Waals surface area contributed by atoms with E-state index in [9.17, 15) is 4.79 Å². The summed E-state index contributed by atoms with van der Waals surface area (Å²) in [5.74, 6) is 1.31. The van der Waals surface area contributed by atoms with Gasteiger partial charge in [-0.25, -0.2) is 4.79 Å². The molecule has 2 amide bonds. The van der Waals surface area contributed by atoms with Crippen LogP contribution >= 0.6 is 15.9 Å². The highest BCUT2D eigenvalue weighted by Gasteiger charge is 2.45. The number of fused-ring (bicyclic) bond motifs is 1. The third kappa shape index (κ3) is 3.12. The fourth-order valence-electron chi connectivity index (χ4n) is 4.05. The fraction of sp³-hybridized carbons (Fsp3) is 0.588. The summed E-state index contributed by atoms with van der Waals surface area (Å²) in [6.45, 7) is 1.65. The molecule has 2 saturated heterocycles. The Morgan fingerprint density at radius 3 is 2.87 bits per heavy atom. The molecule has 0 radical (unpaired) electrons. The van der Waals surface area contributed by atoms with Gasteiger partial charge in [0.25, 0.3) is 0 Å². The number of halogens is 1. The van der Waals surface area contributed by atoms with Crippen LogP contribution in [0.15, 0.2) is 28.7 Å². The highest BCUT2D eigenvalue weighted by Crippen LogP contribution is 2.37. The van der Waals surface area contributed by atoms with Crippen LogP contribution in [0.4, 0.5) is 10.5 Å². The summed E-state index contributed by atoms with van der Waals surface area (Å²) in [5, 5.41) is 3.02. The zero-order valence-corrected chi connectivity index (χ0v) is 14.7. The number of piperidine rings is 1. The van der Waals surface area contributed by atoms with E-state index >= 15 is 0 Å². The van der Waals surface area contributed by atoms with Gasteiger partial charge in [-0.2, -0.15) is 0 Å². The first-order chi connectivity index (χ1) is 11.2. The monoisotopic (exact) mass is 378 g/mol. The summed E-state index contributed by atoms with van der Waals surface area (Å²) in [6.07, 6.45) is 5.03. The minimum absolute atomic E-state index is 0.0146. The number of nitrogens with zero attached hydrogens (tertiary/aromatic N) is 1. The molecule has 2 aliphatic heterocycles. The van der Waals surface area contributed by atoms with Gasteiger partial charge in [0.1, 0.15) is 0 Å². The molecule has 1 aliphatic carbocycles. The number of urea groups is 1. The van der Waals surface area contributed by atoms with Crippen molar-refractivity contribution in [2.24, 2.45) is 11.8 Å². The largest absolute Gasteiger partial charge is 0.324 e. The number of likely N-dealkylation sites (tertiary alicyclic amines) is 1. The van der Waals surface area contributed by atoms with Crippen molar-refractivity contribution in [2.45, 2.75) is 37.8 Å². The number of anilines is 1. The van der Waals surface area contributed by atoms with Gasteiger partial charge in [0.15, 0.2) is 0 Å². The number of amides is 2. The lowest BCUT2D eigenvalue weighted by atomic mass is 9.73. The first-order valence-corrected chi connectivity index (χ1v) is 9.32. The standard InChI is InChI=1S/C17H23BrN4O/c18-12-5-2-6-13(9-12)19-17(23)22-8-7-15-14(10-22)16(21-20-15)11-3-1-4-11/h2,5-6,9,11,14-16,20-21H,1,3-4,7-8,10H2,(H,19,23). The van der Waals surface area contributed by atoms with Gasteiger partial charge >= 0.3 is 6.03 Å². The first-order valence-electron chi connectivity index (χ1n) is 8.53. The molecule has 124 valence electrons. The average molecular weight is 379 g/mol. The predicted molar refractivity (Wildman–Crippen MR) is 94.0 cm³/mol. The molecule has 3 aliphatic rings. The van der Waals surface area contributed by atoms with E-state index in [2.05, 4.69) is 32.1 Å². The molecule has 3 unspecified atom stereocenters. The van der Waals surface area contributed by atoms with Crippen molar-refractivity contribution in [1.29, 1.82) is 0 Å². The molecule has 3 fully saturated rings. The summed E-state index contributed by atoms with van der Waals surface area (Å²) in [5.41, 5.74) is 7.80. The molecule has 1 aromatic carbocycles. The van der Waals surface area contributed by atoms with Gasteiger partial charge in [0.05, 0.1) is 0 Å². The topological polar surface area (TPSA) is 56.4 Å². The van der Waals surface area contributed by atoms with Gasteiger partial charge in [0.2, 0.25) is 0 Å². The lowest BCUT2D eigenvalue weighted by Crippen LogP contribution is -2.51. The van der Waals surface area contributed by atoms with Gasteiger partial charge in [0, 0.05) is 41.3 Å². The van der Waals surface area contributed by atoms with Crippen LogP contribution in [0.5, 0.6) is 0 Å². The zero-order valence-electron chi connectivity index (χ0n) is 13.1. The van der Waals surface area contributed by atoms with Crippen molar-refractivity contribution in [3.05, 3.63) is 28.7 Å². The average Bonchev–Trinajstić information content (AvgIpc) is 2.88. The number of carbonyl (C=O) groups excluding carboxylic acids is 1. The molecule has 3 atom stereocenters. The van der Waals surface area contributed by atoms with Crippen LogP contribution in [0, 0.1) is 11.8 Å². The molecular formula is C17H23BrN4O. The summed E-state index contributed by atoms with van der Waals surface area (Å²) in [6, 6.07) is 8.79. The first kappa shape index (κ1) is 15.4. The van der Waals surface area contributed by atoms with Crippen LogP contribution in [0.2, 0.25) is 0 Å². The second-order valence-electron chi connectivity index (χ2n) is 6.95. The van der Waals surface area contributed by atoms with E-state index < -0.39 is 0 Å². The molecule has 2 heterocycles. The Morgan fingerprint density at radius 2 is 2.13 bits per heavy atom. The van der Waals surface area contributed by atoms with Crippen LogP contribution in [-0.4, -0.2) is 36.1 Å². The molecule has 3 N–H and O–H groups in total. The van der Waals surface area contributed by atoms with Crippen LogP contribution in [0.1, 0.15) is 25.7 Å². The molecule has 6 heteroatoms. The molecule has 23 heavy (non-hydrogen) atoms. The Labute approximate surface area is 145 Å². The summed E-state index contributed by atoms with van der Waals surface area (Å²) < 4.78 is 0.975. The number of hydrogen-bond acceptors (Lipinski definition) is 3. The van der Waals surface area contributed by atoms with Gasteiger partial charge < -0.3 is 10.2 Å². The SMILES string of the molecule is O=C(Nc1cccc(Br)c1)N1CCC2NNC(C3CCC3)C2C1. The highest BCUT2D eigenvalue weighted by atomic mass is 79.9. The summed E-state index contributed by atoms with van der Waals surface area (Å²) in [4.78, 5) is 14.6. The molecule has 1 saturated carbocycles. The number of benzene rings is 1. The normalized spacial score (nSPS) is 30.7. The van der Waals surface area contributed by atoms with E-state index in [-0.39, 0.29) is 6.03 Å². The predicted octanol–water partition coefficient (Wildman–Crippen LogP) is 2.95. The van der Waals surface area contributed by atoms with E-state index in [1.54, 1.807) is 0 Å². The Morgan fingerprint density at radius 1 is 1.26 bits per heavy atom. The van der Waals surface area contributed by atoms with E-state index in [0.717, 1.165) is 35.6 Å². The second-order valence-corrected chi connectivity index (χ2v) is 7.87. The maximum Gasteiger partial charge on any atom is 0.321 e. The number of nitrogens with one attached hydrogen (secondary N) is 3. The van der Waals surface area contributed by atoms with E-state index in [4.69, 9.17) is 0 Å². The summed E-state index contributed by atoms with van der Waals surface area (Å²) in [7, 11) is 0. The van der Waals surface area contributed by atoms with Gasteiger partial charge in [-0.3, -0.25) is 10.9 Å². The third-order valence-electron chi connectivity index (χ3n) is 5.58. The fourth-order valence-corrected chi connectivity index (χ4v) is 4.45. The maximum absolute atomic E-state index is 12.6. The molecule has 0 aromatic heterocycles. The van der Waals surface area contributed by atoms with E-state index in [1.165, 1.54) is 19.3 Å². The van der Waals surface area contributed by atoms with Crippen LogP contribution < -0.4 is 16.2 Å². The van der Waals surface area contributed by atoms with Crippen molar-refractivity contribution >= 4 is 27.6 Å². The van der Waals surface area contributed by atoms with Crippen molar-refractivity contribution in [2.75, 3.05) is 18.4 Å². The summed E-state index contributed by atoms with van der Waals surface area (Å²) >= 11 is 3.44. The van der Waals surface area contributed by atoms with Crippen LogP contribution in [0.25, 0.3) is 0 Å². The molecule has 1 aromatic rings. The second kappa shape index (κ2) is 6.42. The quantitative estimate of drug-likeness (QED) is 0.741. The third-order valence-corrected chi connectivity index (χ3v) is 6.07. The number of hydrazine groups is 1. The Bertz CT molecular complexity index is 592. The minimum atomic E-state index is 0.0146. The van der Waals surface area contributed by atoms with Gasteiger partial charge in [-0.1, -0.05) is 28.4 Å². The van der Waals surface area contributed by atoms with Crippen molar-refractivity contribution in [3.63, 3.8) is 0 Å². The van der Waals surface area contributed by atoms with E-state index in [1.807, 2.05) is 29.2 Å². The lowest BCUT2D eigenvalue weighted by molar-refractivity contribution is 0.137. The zero-order chi connectivity index (χ0) is 15.8. The molecular weight excluding hydrogens is 356 g/mol. The molecule has 4 rings (SSSR count). The Balaban J connectivity index is 1.40. The smallest absolute Gasteiger partial charge is 0.321 e. The van der Waals surface area contributed by atoms with Crippen molar-refractivity contribution in [3.8, 4) is 0 Å². The molecule has 0 bridgehead atoms. The molecule has 5 nitrogen and oxygen atoms in total. The van der Waals surface area contributed by atoms with Crippen molar-refractivity contribution in [1.82, 2.24) is 15.8 Å². The van der Waals surface area contributed by atoms with Crippen LogP contribution in [-0.2, 0) is 0 Å². The minimum Gasteiger partial charge on any atom is -0.324 e.